The fourth-order valence-electron chi connectivity index (χ4n) is 1.66. The molecule has 1 aliphatic carbocycles. The van der Waals surface area contributed by atoms with Crippen LogP contribution >= 0.6 is 0 Å². The quantitative estimate of drug-likeness (QED) is 0.494. The highest BCUT2D eigenvalue weighted by molar-refractivity contribution is 5.87. The van der Waals surface area contributed by atoms with E-state index in [1.54, 1.807) is 0 Å². The van der Waals surface area contributed by atoms with Crippen LogP contribution in [0, 0.1) is 5.92 Å². The smallest absolute Gasteiger partial charge is 0.331 e. The molecule has 20 heavy (non-hydrogen) atoms. The summed E-state index contributed by atoms with van der Waals surface area (Å²) in [4.78, 5) is 20.4. The highest BCUT2D eigenvalue weighted by Gasteiger charge is 2.28. The van der Waals surface area contributed by atoms with E-state index in [-0.39, 0.29) is 0 Å². The first-order chi connectivity index (χ1) is 9.40. The summed E-state index contributed by atoms with van der Waals surface area (Å²) >= 11 is 0. The first-order valence-corrected chi connectivity index (χ1v) is 7.23. The summed E-state index contributed by atoms with van der Waals surface area (Å²) in [6, 6.07) is 0. The van der Waals surface area contributed by atoms with Gasteiger partial charge < -0.3 is 10.2 Å². The van der Waals surface area contributed by atoms with Crippen molar-refractivity contribution < 1.29 is 19.8 Å². The van der Waals surface area contributed by atoms with Gasteiger partial charge in [-0.2, -0.15) is 0 Å². The van der Waals surface area contributed by atoms with Crippen LogP contribution in [0.1, 0.15) is 58.3 Å². The number of rotatable bonds is 9. The molecule has 1 fully saturated rings. The summed E-state index contributed by atoms with van der Waals surface area (Å²) in [5, 5.41) is 16.8. The number of aliphatic carboxylic acids is 2. The van der Waals surface area contributed by atoms with Gasteiger partial charge in [-0.05, 0) is 31.6 Å². The second kappa shape index (κ2) is 10.2. The van der Waals surface area contributed by atoms with Crippen LogP contribution in [0.4, 0.5) is 0 Å². The minimum Gasteiger partial charge on any atom is -0.478 e. The summed E-state index contributed by atoms with van der Waals surface area (Å²) < 4.78 is 0. The maximum Gasteiger partial charge on any atom is 0.331 e. The van der Waals surface area contributed by atoms with E-state index in [9.17, 15) is 9.59 Å². The topological polar surface area (TPSA) is 74.6 Å². The van der Waals surface area contributed by atoms with Gasteiger partial charge in [0.25, 0.3) is 0 Å². The van der Waals surface area contributed by atoms with Gasteiger partial charge in [-0.15, -0.1) is 0 Å². The van der Waals surface area contributed by atoms with Crippen LogP contribution in [0.3, 0.4) is 0 Å². The molecule has 1 rings (SSSR count). The second-order valence-corrected chi connectivity index (χ2v) is 5.18. The van der Waals surface area contributed by atoms with Gasteiger partial charge in [0, 0.05) is 11.1 Å². The zero-order valence-electron chi connectivity index (χ0n) is 12.4. The van der Waals surface area contributed by atoms with Gasteiger partial charge >= 0.3 is 11.9 Å². The highest BCUT2D eigenvalue weighted by atomic mass is 16.4. The van der Waals surface area contributed by atoms with E-state index in [1.165, 1.54) is 19.3 Å². The lowest BCUT2D eigenvalue weighted by atomic mass is 10.1. The molecule has 0 radical (unpaired) electrons. The fourth-order valence-corrected chi connectivity index (χ4v) is 1.66. The second-order valence-electron chi connectivity index (χ2n) is 5.18. The monoisotopic (exact) mass is 282 g/mol. The Morgan fingerprint density at radius 1 is 1.00 bits per heavy atom. The molecule has 0 aromatic carbocycles. The van der Waals surface area contributed by atoms with Crippen molar-refractivity contribution in [2.24, 2.45) is 5.92 Å². The molecule has 0 unspecified atom stereocenters. The Balaban J connectivity index is 0.000000388. The van der Waals surface area contributed by atoms with Crippen molar-refractivity contribution in [3.8, 4) is 0 Å². The lowest BCUT2D eigenvalue weighted by molar-refractivity contribution is -0.133. The van der Waals surface area contributed by atoms with Gasteiger partial charge in [-0.3, -0.25) is 0 Å². The van der Waals surface area contributed by atoms with Crippen molar-refractivity contribution in [3.05, 3.63) is 24.3 Å². The predicted octanol–water partition coefficient (Wildman–Crippen LogP) is 4.02. The molecule has 4 nitrogen and oxygen atoms in total. The molecule has 2 N–H and O–H groups in total. The third-order valence-electron chi connectivity index (χ3n) is 3.23. The summed E-state index contributed by atoms with van der Waals surface area (Å²) in [5.74, 6) is -1.40. The van der Waals surface area contributed by atoms with Crippen molar-refractivity contribution in [2.45, 2.75) is 58.3 Å². The Kier molecular flexibility index (Phi) is 9.43. The molecular weight excluding hydrogens is 256 g/mol. The van der Waals surface area contributed by atoms with E-state index in [4.69, 9.17) is 10.2 Å². The van der Waals surface area contributed by atoms with Crippen molar-refractivity contribution in [1.82, 2.24) is 0 Å². The third kappa shape index (κ3) is 9.36. The molecule has 114 valence electrons. The molecular formula is C16H26O4. The lowest BCUT2D eigenvalue weighted by Crippen LogP contribution is -1.99. The van der Waals surface area contributed by atoms with Crippen LogP contribution in [0.5, 0.6) is 0 Å². The molecule has 1 aliphatic rings. The summed E-state index contributed by atoms with van der Waals surface area (Å²) in [6.45, 7) is 9.05. The summed E-state index contributed by atoms with van der Waals surface area (Å²) in [5.41, 5.74) is 0.719. The van der Waals surface area contributed by atoms with E-state index in [0.717, 1.165) is 25.7 Å². The number of unbranched alkanes of at least 4 members (excludes halogenated alkanes) is 4. The van der Waals surface area contributed by atoms with Gasteiger partial charge in [-0.1, -0.05) is 45.8 Å². The van der Waals surface area contributed by atoms with Gasteiger partial charge in [0.1, 0.15) is 0 Å². The molecule has 0 bridgehead atoms. The van der Waals surface area contributed by atoms with Crippen LogP contribution in [0.2, 0.25) is 0 Å². The van der Waals surface area contributed by atoms with Crippen molar-refractivity contribution in [3.63, 3.8) is 0 Å². The van der Waals surface area contributed by atoms with E-state index < -0.39 is 11.9 Å². The largest absolute Gasteiger partial charge is 0.478 e. The third-order valence-corrected chi connectivity index (χ3v) is 3.23. The average molecular weight is 282 g/mol. The van der Waals surface area contributed by atoms with E-state index in [1.807, 2.05) is 0 Å². The van der Waals surface area contributed by atoms with E-state index in [0.29, 0.717) is 23.5 Å². The van der Waals surface area contributed by atoms with Crippen LogP contribution in [0.15, 0.2) is 24.3 Å². The number of carbonyl (C=O) groups is 2. The average Bonchev–Trinajstić information content (AvgIpc) is 3.22. The van der Waals surface area contributed by atoms with E-state index in [2.05, 4.69) is 20.1 Å². The number of hydrogen-bond acceptors (Lipinski definition) is 2. The minimum atomic E-state index is -0.856. The van der Waals surface area contributed by atoms with Gasteiger partial charge in [-0.25, -0.2) is 9.59 Å². The maximum absolute atomic E-state index is 10.3. The highest BCUT2D eigenvalue weighted by Crippen LogP contribution is 2.35. The molecule has 0 spiro atoms. The standard InChI is InChI=1S/C10H18O2.C6H8O2/c1-3-4-5-6-7-8-9(2)10(11)12;1-4(6(7)8)5-2-3-5/h2-8H2,1H3,(H,11,12);5H,1-3H2,(H,7,8). The Morgan fingerprint density at radius 3 is 1.90 bits per heavy atom. The van der Waals surface area contributed by atoms with Gasteiger partial charge in [0.05, 0.1) is 0 Å². The van der Waals surface area contributed by atoms with Gasteiger partial charge in [0.2, 0.25) is 0 Å². The fraction of sp³-hybridized carbons (Fsp3) is 0.625. The van der Waals surface area contributed by atoms with Crippen LogP contribution < -0.4 is 0 Å². The van der Waals surface area contributed by atoms with Crippen molar-refractivity contribution in [1.29, 1.82) is 0 Å². The first kappa shape index (κ1) is 18.4. The SMILES string of the molecule is C=C(C(=O)O)C1CC1.C=C(CCCCCCC)C(=O)O. The van der Waals surface area contributed by atoms with Crippen molar-refractivity contribution in [2.75, 3.05) is 0 Å². The lowest BCUT2D eigenvalue weighted by Gasteiger charge is -1.99. The molecule has 1 saturated carbocycles. The summed E-state index contributed by atoms with van der Waals surface area (Å²) in [6.07, 6.45) is 8.45. The number of hydrogen-bond donors (Lipinski definition) is 2. The Labute approximate surface area is 121 Å². The molecule has 0 heterocycles. The van der Waals surface area contributed by atoms with Gasteiger partial charge in [0.15, 0.2) is 0 Å². The molecule has 0 amide bonds. The zero-order chi connectivity index (χ0) is 15.5. The maximum atomic E-state index is 10.3. The zero-order valence-corrected chi connectivity index (χ0v) is 12.4. The normalized spacial score (nSPS) is 13.1. The molecule has 4 heteroatoms. The molecule has 0 aliphatic heterocycles. The minimum absolute atomic E-state index is 0.299. The summed E-state index contributed by atoms with van der Waals surface area (Å²) in [7, 11) is 0. The number of carboxylic acids is 2. The first-order valence-electron chi connectivity index (χ1n) is 7.23. The molecule has 0 aromatic heterocycles. The Morgan fingerprint density at radius 2 is 1.55 bits per heavy atom. The Hall–Kier alpha value is -1.58. The van der Waals surface area contributed by atoms with Crippen LogP contribution in [-0.2, 0) is 9.59 Å². The molecule has 0 atom stereocenters. The molecule has 0 saturated heterocycles. The van der Waals surface area contributed by atoms with Crippen LogP contribution in [0.25, 0.3) is 0 Å². The molecule has 0 aromatic rings. The number of carboxylic acid groups (broad SMARTS) is 2. The predicted molar refractivity (Wildman–Crippen MR) is 79.7 cm³/mol. The van der Waals surface area contributed by atoms with Crippen molar-refractivity contribution >= 4 is 11.9 Å². The van der Waals surface area contributed by atoms with Crippen LogP contribution in [-0.4, -0.2) is 22.2 Å². The Bertz CT molecular complexity index is 353. The van der Waals surface area contributed by atoms with E-state index >= 15 is 0 Å².